The summed E-state index contributed by atoms with van der Waals surface area (Å²) >= 11 is 1.65. The van der Waals surface area contributed by atoms with Crippen LogP contribution in [-0.2, 0) is 23.7 Å². The molecule has 3 heterocycles. The zero-order valence-electron chi connectivity index (χ0n) is 17.8. The van der Waals surface area contributed by atoms with Gasteiger partial charge in [-0.3, -0.25) is 0 Å². The van der Waals surface area contributed by atoms with Gasteiger partial charge in [0.25, 0.3) is 0 Å². The topological polar surface area (TPSA) is 46.2 Å². The van der Waals surface area contributed by atoms with Gasteiger partial charge in [0.15, 0.2) is 18.9 Å². The first kappa shape index (κ1) is 21.6. The van der Waals surface area contributed by atoms with Crippen molar-refractivity contribution in [3.63, 3.8) is 0 Å². The number of fused-ring (bicyclic) bond motifs is 2. The first-order valence-electron chi connectivity index (χ1n) is 10.8. The molecule has 0 spiro atoms. The Bertz CT molecular complexity index is 965. The summed E-state index contributed by atoms with van der Waals surface area (Å²) in [6.07, 6.45) is -0.861. The van der Waals surface area contributed by atoms with Crippen molar-refractivity contribution >= 4 is 11.8 Å². The highest BCUT2D eigenvalue weighted by Gasteiger charge is 2.50. The molecule has 3 saturated heterocycles. The van der Waals surface area contributed by atoms with E-state index in [1.165, 1.54) is 0 Å². The summed E-state index contributed by atoms with van der Waals surface area (Å²) in [6, 6.07) is 30.0. The number of hydrogen-bond acceptors (Lipinski definition) is 6. The maximum atomic E-state index is 6.59. The van der Waals surface area contributed by atoms with Gasteiger partial charge >= 0.3 is 0 Å². The molecule has 6 unspecified atom stereocenters. The molecule has 166 valence electrons. The molecule has 6 atom stereocenters. The van der Waals surface area contributed by atoms with Crippen molar-refractivity contribution in [2.75, 3.05) is 7.11 Å². The van der Waals surface area contributed by atoms with Crippen molar-refractivity contribution in [2.45, 2.75) is 47.8 Å². The Morgan fingerprint density at radius 1 is 0.781 bits per heavy atom. The summed E-state index contributed by atoms with van der Waals surface area (Å²) in [6.45, 7) is 0. The third-order valence-corrected chi connectivity index (χ3v) is 6.71. The number of benzene rings is 3. The second kappa shape index (κ2) is 10.2. The quantitative estimate of drug-likeness (QED) is 0.390. The Morgan fingerprint density at radius 2 is 1.34 bits per heavy atom. The summed E-state index contributed by atoms with van der Waals surface area (Å²) in [7, 11) is 1.64. The van der Waals surface area contributed by atoms with Crippen molar-refractivity contribution in [3.8, 4) is 0 Å². The molecule has 5 nitrogen and oxygen atoms in total. The molecule has 2 bridgehead atoms. The van der Waals surface area contributed by atoms with Crippen LogP contribution < -0.4 is 0 Å². The lowest BCUT2D eigenvalue weighted by molar-refractivity contribution is -0.372. The predicted molar refractivity (Wildman–Crippen MR) is 122 cm³/mol. The summed E-state index contributed by atoms with van der Waals surface area (Å²) in [5, 5.41) is 0. The van der Waals surface area contributed by atoms with Crippen LogP contribution in [0.3, 0.4) is 0 Å². The third-order valence-electron chi connectivity index (χ3n) is 5.55. The Balaban J connectivity index is 1.38. The molecule has 0 aliphatic carbocycles. The third kappa shape index (κ3) is 4.91. The van der Waals surface area contributed by atoms with Crippen LogP contribution in [0, 0.1) is 0 Å². The Hall–Kier alpha value is -2.19. The van der Waals surface area contributed by atoms with Crippen molar-refractivity contribution in [1.29, 1.82) is 0 Å². The van der Waals surface area contributed by atoms with E-state index in [1.807, 2.05) is 78.9 Å². The predicted octanol–water partition coefficient (Wildman–Crippen LogP) is 5.70. The molecular formula is C26H26O5S. The second-order valence-corrected chi connectivity index (χ2v) is 8.90. The van der Waals surface area contributed by atoms with Gasteiger partial charge in [-0.25, -0.2) is 0 Å². The van der Waals surface area contributed by atoms with Gasteiger partial charge in [-0.2, -0.15) is 0 Å². The van der Waals surface area contributed by atoms with E-state index < -0.39 is 12.6 Å². The molecule has 0 N–H and O–H groups in total. The van der Waals surface area contributed by atoms with Crippen LogP contribution >= 0.6 is 11.8 Å². The summed E-state index contributed by atoms with van der Waals surface area (Å²) in [5.74, 6) is 0. The second-order valence-electron chi connectivity index (χ2n) is 7.73. The van der Waals surface area contributed by atoms with E-state index in [-0.39, 0.29) is 23.9 Å². The lowest BCUT2D eigenvalue weighted by atomic mass is 10.0. The van der Waals surface area contributed by atoms with Crippen LogP contribution in [-0.4, -0.2) is 31.0 Å². The van der Waals surface area contributed by atoms with Gasteiger partial charge in [0, 0.05) is 29.6 Å². The largest absolute Gasteiger partial charge is 0.352 e. The van der Waals surface area contributed by atoms with E-state index in [1.54, 1.807) is 18.9 Å². The van der Waals surface area contributed by atoms with E-state index in [2.05, 4.69) is 12.1 Å². The minimum atomic E-state index is -0.644. The normalized spacial score (nSPS) is 26.2. The Morgan fingerprint density at radius 3 is 1.94 bits per heavy atom. The van der Waals surface area contributed by atoms with Crippen molar-refractivity contribution < 1.29 is 23.7 Å². The van der Waals surface area contributed by atoms with Crippen LogP contribution in [0.1, 0.15) is 30.1 Å². The molecule has 6 heteroatoms. The van der Waals surface area contributed by atoms with Gasteiger partial charge in [-0.1, -0.05) is 90.6 Å². The molecule has 3 aliphatic heterocycles. The molecule has 0 saturated carbocycles. The maximum absolute atomic E-state index is 6.59. The van der Waals surface area contributed by atoms with Crippen LogP contribution in [0.5, 0.6) is 0 Å². The van der Waals surface area contributed by atoms with Gasteiger partial charge in [-0.05, 0) is 12.1 Å². The van der Waals surface area contributed by atoms with Crippen LogP contribution in [0.15, 0.2) is 95.9 Å². The standard InChI is InChI=1S/C26H26O5S/c1-27-24(18-11-5-2-6-12-18)31-25(19-13-7-3-8-14-19)30-23-21-17-22(28-21)29-26(23)32-20-15-9-4-10-16-20/h2-16,21-26H,17H2,1H3. The molecule has 0 radical (unpaired) electrons. The molecule has 32 heavy (non-hydrogen) atoms. The molecule has 3 aromatic carbocycles. The average Bonchev–Trinajstić information content (AvgIpc) is 2.83. The highest BCUT2D eigenvalue weighted by atomic mass is 32.2. The fourth-order valence-electron chi connectivity index (χ4n) is 3.89. The Kier molecular flexibility index (Phi) is 6.88. The van der Waals surface area contributed by atoms with E-state index in [9.17, 15) is 0 Å². The molecular weight excluding hydrogens is 424 g/mol. The van der Waals surface area contributed by atoms with Crippen LogP contribution in [0.2, 0.25) is 0 Å². The highest BCUT2D eigenvalue weighted by Crippen LogP contribution is 2.44. The minimum Gasteiger partial charge on any atom is -0.352 e. The first-order valence-corrected chi connectivity index (χ1v) is 11.6. The summed E-state index contributed by atoms with van der Waals surface area (Å²) in [5.41, 5.74) is 1.65. The fourth-order valence-corrected chi connectivity index (χ4v) is 5.03. The zero-order valence-corrected chi connectivity index (χ0v) is 18.6. The number of methoxy groups -OCH3 is 1. The van der Waals surface area contributed by atoms with E-state index in [0.717, 1.165) is 22.4 Å². The van der Waals surface area contributed by atoms with Crippen molar-refractivity contribution in [1.82, 2.24) is 0 Å². The number of rotatable bonds is 9. The minimum absolute atomic E-state index is 0.0255. The van der Waals surface area contributed by atoms with Crippen LogP contribution in [0.25, 0.3) is 0 Å². The van der Waals surface area contributed by atoms with E-state index in [4.69, 9.17) is 23.7 Å². The fraction of sp³-hybridized carbons (Fsp3) is 0.308. The van der Waals surface area contributed by atoms with E-state index in [0.29, 0.717) is 0 Å². The van der Waals surface area contributed by atoms with Crippen molar-refractivity contribution in [3.05, 3.63) is 102 Å². The van der Waals surface area contributed by atoms with Gasteiger partial charge < -0.3 is 23.7 Å². The number of ether oxygens (including phenoxy) is 5. The zero-order chi connectivity index (χ0) is 21.8. The smallest absolute Gasteiger partial charge is 0.187 e. The SMILES string of the molecule is COC(OC(OC1C2CC(O2)OC1Sc1ccccc1)c1ccccc1)c1ccccc1. The number of thioether (sulfide) groups is 1. The van der Waals surface area contributed by atoms with Gasteiger partial charge in [0.2, 0.25) is 0 Å². The first-order chi connectivity index (χ1) is 15.8. The summed E-state index contributed by atoms with van der Waals surface area (Å²) < 4.78 is 30.6. The average molecular weight is 451 g/mol. The summed E-state index contributed by atoms with van der Waals surface area (Å²) in [4.78, 5) is 1.13. The Labute approximate surface area is 192 Å². The van der Waals surface area contributed by atoms with Crippen molar-refractivity contribution in [2.24, 2.45) is 0 Å². The number of hydrogen-bond donors (Lipinski definition) is 0. The molecule has 0 amide bonds. The maximum Gasteiger partial charge on any atom is 0.187 e. The monoisotopic (exact) mass is 450 g/mol. The molecule has 0 aromatic heterocycles. The molecule has 3 aliphatic rings. The van der Waals surface area contributed by atoms with Gasteiger partial charge in [-0.15, -0.1) is 0 Å². The van der Waals surface area contributed by atoms with E-state index >= 15 is 0 Å². The lowest BCUT2D eigenvalue weighted by Crippen LogP contribution is -2.59. The molecule has 3 fully saturated rings. The molecule has 6 rings (SSSR count). The van der Waals surface area contributed by atoms with Gasteiger partial charge in [0.05, 0.1) is 6.10 Å². The van der Waals surface area contributed by atoms with Gasteiger partial charge in [0.1, 0.15) is 11.5 Å². The molecule has 3 aromatic rings. The van der Waals surface area contributed by atoms with Crippen LogP contribution in [0.4, 0.5) is 0 Å². The lowest BCUT2D eigenvalue weighted by Gasteiger charge is -2.50. The highest BCUT2D eigenvalue weighted by molar-refractivity contribution is 7.99.